The van der Waals surface area contributed by atoms with E-state index in [1.54, 1.807) is 31.4 Å². The molecular weight excluding hydrogens is 616 g/mol. The summed E-state index contributed by atoms with van der Waals surface area (Å²) in [6.45, 7) is 7.21. The smallest absolute Gasteiger partial charge is 0.210 e. The molecule has 244 valence electrons. The predicted molar refractivity (Wildman–Crippen MR) is 174 cm³/mol. The Bertz CT molecular complexity index is 1610. The third kappa shape index (κ3) is 6.82. The van der Waals surface area contributed by atoms with Gasteiger partial charge in [0.15, 0.2) is 16.5 Å². The molecule has 0 radical (unpaired) electrons. The van der Waals surface area contributed by atoms with E-state index in [2.05, 4.69) is 19.7 Å². The van der Waals surface area contributed by atoms with Crippen LogP contribution in [-0.4, -0.2) is 103 Å². The molecule has 0 spiro atoms. The summed E-state index contributed by atoms with van der Waals surface area (Å²) in [4.78, 5) is 12.1. The number of ether oxygens (including phenoxy) is 1. The molecular formula is C33H43FN4O5S2. The van der Waals surface area contributed by atoms with Gasteiger partial charge in [0.25, 0.3) is 0 Å². The Morgan fingerprint density at radius 1 is 1.00 bits per heavy atom. The first kappa shape index (κ1) is 32.5. The zero-order valence-corrected chi connectivity index (χ0v) is 27.7. The fourth-order valence-electron chi connectivity index (χ4n) is 7.27. The van der Waals surface area contributed by atoms with Crippen LogP contribution >= 0.6 is 0 Å². The number of benzene rings is 2. The van der Waals surface area contributed by atoms with Crippen molar-refractivity contribution < 1.29 is 27.2 Å². The van der Waals surface area contributed by atoms with Crippen molar-refractivity contribution in [3.8, 4) is 5.75 Å². The number of nitrogens with zero attached hydrogens (tertiary/aromatic N) is 4. The number of β-amino-alcohol motifs (C(OH)–C–C–N with tert-alkyl or cyclic N) is 1. The Morgan fingerprint density at radius 3 is 2.38 bits per heavy atom. The molecule has 1 aromatic heterocycles. The van der Waals surface area contributed by atoms with Crippen molar-refractivity contribution in [3.05, 3.63) is 48.4 Å². The number of likely N-dealkylation sites (tertiary alicyclic amines) is 2. The summed E-state index contributed by atoms with van der Waals surface area (Å²) in [5.41, 5.74) is 1.14. The second kappa shape index (κ2) is 13.7. The molecule has 2 aromatic carbocycles. The fourth-order valence-corrected chi connectivity index (χ4v) is 9.26. The lowest BCUT2D eigenvalue weighted by atomic mass is 9.95. The van der Waals surface area contributed by atoms with E-state index < -0.39 is 26.8 Å². The molecule has 4 heterocycles. The van der Waals surface area contributed by atoms with Crippen LogP contribution in [-0.2, 0) is 21.0 Å². The molecule has 1 N–H and O–H groups in total. The summed E-state index contributed by atoms with van der Waals surface area (Å²) in [5.74, 6) is -0.735. The average Bonchev–Trinajstić information content (AvgIpc) is 3.05. The Labute approximate surface area is 268 Å². The number of rotatable bonds is 8. The standard InChI is InChI=1S/C33H43FN4O5S2/c1-3-43-31-9-7-27(20-29(31)34)45(41,42)32-21-35-30-8-6-26(44(2)40)19-28(30)33(32)37-17-12-23(13-18-37)36-15-10-24(11-16-36)38-14-4-5-25(39)22-38/h6-9,19-21,23-25,39H,3-5,10-18,22H2,1-2H3/t25-,44?/m0/s1. The van der Waals surface area contributed by atoms with Crippen LogP contribution in [0.25, 0.3) is 10.9 Å². The van der Waals surface area contributed by atoms with E-state index in [1.165, 1.54) is 18.3 Å². The highest BCUT2D eigenvalue weighted by molar-refractivity contribution is 7.91. The number of fused-ring (bicyclic) bond motifs is 1. The van der Waals surface area contributed by atoms with Gasteiger partial charge in [0.1, 0.15) is 11.2 Å². The van der Waals surface area contributed by atoms with Gasteiger partial charge in [-0.25, -0.2) is 12.8 Å². The number of hydrogen-bond donors (Lipinski definition) is 1. The van der Waals surface area contributed by atoms with Crippen LogP contribution < -0.4 is 9.64 Å². The molecule has 1 unspecified atom stereocenters. The van der Waals surface area contributed by atoms with Gasteiger partial charge in [-0.3, -0.25) is 9.88 Å². The first-order valence-corrected chi connectivity index (χ1v) is 19.0. The second-order valence-electron chi connectivity index (χ2n) is 12.4. The monoisotopic (exact) mass is 658 g/mol. The van der Waals surface area contributed by atoms with Crippen molar-refractivity contribution in [2.75, 3.05) is 57.0 Å². The predicted octanol–water partition coefficient (Wildman–Crippen LogP) is 4.23. The highest BCUT2D eigenvalue weighted by Crippen LogP contribution is 2.39. The summed E-state index contributed by atoms with van der Waals surface area (Å²) in [7, 11) is -4.16. The van der Waals surface area contributed by atoms with E-state index in [9.17, 15) is 22.5 Å². The molecule has 45 heavy (non-hydrogen) atoms. The molecule has 0 saturated carbocycles. The SMILES string of the molecule is CCOc1ccc(S(=O)(=O)c2cnc3ccc([S+](C)[O-])cc3c2N2CCC(N3CCC(N4CCC[C@H](O)C4)CC3)CC2)cc1F. The van der Waals surface area contributed by atoms with Gasteiger partial charge in [-0.2, -0.15) is 0 Å². The Kier molecular flexibility index (Phi) is 9.89. The number of piperidine rings is 3. The number of sulfone groups is 1. The minimum atomic E-state index is -4.16. The van der Waals surface area contributed by atoms with E-state index >= 15 is 0 Å². The normalized spacial score (nSPS) is 22.2. The largest absolute Gasteiger partial charge is 0.612 e. The van der Waals surface area contributed by atoms with Crippen LogP contribution in [0.2, 0.25) is 0 Å². The van der Waals surface area contributed by atoms with Crippen molar-refractivity contribution in [2.24, 2.45) is 0 Å². The Hall–Kier alpha value is -2.48. The number of aliphatic hydroxyl groups excluding tert-OH is 1. The van der Waals surface area contributed by atoms with Crippen molar-refractivity contribution in [2.45, 2.75) is 78.3 Å². The van der Waals surface area contributed by atoms with Crippen LogP contribution in [0.3, 0.4) is 0 Å². The quantitative estimate of drug-likeness (QED) is 0.356. The summed E-state index contributed by atoms with van der Waals surface area (Å²) >= 11 is -1.27. The van der Waals surface area contributed by atoms with Crippen molar-refractivity contribution >= 4 is 37.6 Å². The topological polar surface area (TPSA) is 109 Å². The molecule has 3 aliphatic rings. The van der Waals surface area contributed by atoms with E-state index in [0.717, 1.165) is 70.8 Å². The van der Waals surface area contributed by atoms with Crippen LogP contribution in [0.1, 0.15) is 45.4 Å². The third-order valence-corrected chi connectivity index (χ3v) is 12.3. The highest BCUT2D eigenvalue weighted by Gasteiger charge is 2.34. The summed E-state index contributed by atoms with van der Waals surface area (Å²) in [6.07, 6.45) is 8.68. The van der Waals surface area contributed by atoms with Gasteiger partial charge in [0, 0.05) is 49.4 Å². The number of halogens is 1. The van der Waals surface area contributed by atoms with Gasteiger partial charge in [-0.15, -0.1) is 0 Å². The van der Waals surface area contributed by atoms with Crippen LogP contribution in [0, 0.1) is 5.82 Å². The molecule has 0 bridgehead atoms. The number of hydrogen-bond acceptors (Lipinski definition) is 9. The van der Waals surface area contributed by atoms with Crippen LogP contribution in [0.15, 0.2) is 57.3 Å². The van der Waals surface area contributed by atoms with Gasteiger partial charge in [-0.1, -0.05) is 0 Å². The van der Waals surface area contributed by atoms with Gasteiger partial charge in [-0.05, 0) is 107 Å². The molecule has 2 atom stereocenters. The van der Waals surface area contributed by atoms with Crippen molar-refractivity contribution in [1.82, 2.24) is 14.8 Å². The lowest BCUT2D eigenvalue weighted by Gasteiger charge is -2.45. The first-order valence-electron chi connectivity index (χ1n) is 16.0. The van der Waals surface area contributed by atoms with Gasteiger partial charge in [0.05, 0.1) is 28.8 Å². The highest BCUT2D eigenvalue weighted by atomic mass is 32.2. The number of pyridine rings is 1. The van der Waals surface area contributed by atoms with Gasteiger partial charge < -0.3 is 24.2 Å². The van der Waals surface area contributed by atoms with Crippen LogP contribution in [0.5, 0.6) is 5.75 Å². The minimum absolute atomic E-state index is 0.00278. The molecule has 12 heteroatoms. The molecule has 3 fully saturated rings. The molecule has 0 amide bonds. The number of aliphatic hydroxyl groups is 1. The maximum atomic E-state index is 14.8. The van der Waals surface area contributed by atoms with Crippen LogP contribution in [0.4, 0.5) is 10.1 Å². The van der Waals surface area contributed by atoms with E-state index in [-0.39, 0.29) is 28.3 Å². The lowest BCUT2D eigenvalue weighted by molar-refractivity contribution is 0.0170. The van der Waals surface area contributed by atoms with E-state index in [0.29, 0.717) is 46.7 Å². The Morgan fingerprint density at radius 2 is 1.71 bits per heavy atom. The summed E-state index contributed by atoms with van der Waals surface area (Å²) in [6, 6.07) is 9.97. The number of aromatic nitrogens is 1. The fraction of sp³-hybridized carbons (Fsp3) is 0.545. The maximum Gasteiger partial charge on any atom is 0.210 e. The van der Waals surface area contributed by atoms with Crippen molar-refractivity contribution in [3.63, 3.8) is 0 Å². The van der Waals surface area contributed by atoms with E-state index in [1.807, 2.05) is 0 Å². The molecule has 0 aliphatic carbocycles. The third-order valence-electron chi connectivity index (χ3n) is 9.65. The molecule has 3 aliphatic heterocycles. The van der Waals surface area contributed by atoms with Crippen molar-refractivity contribution in [1.29, 1.82) is 0 Å². The zero-order valence-electron chi connectivity index (χ0n) is 26.0. The maximum absolute atomic E-state index is 14.8. The molecule has 9 nitrogen and oxygen atoms in total. The van der Waals surface area contributed by atoms with Gasteiger partial charge in [0.2, 0.25) is 9.84 Å². The first-order chi connectivity index (χ1) is 21.7. The molecule has 3 aromatic rings. The summed E-state index contributed by atoms with van der Waals surface area (Å²) in [5, 5.41) is 10.8. The zero-order chi connectivity index (χ0) is 31.7. The Balaban J connectivity index is 1.26. The van der Waals surface area contributed by atoms with E-state index in [4.69, 9.17) is 4.74 Å². The lowest BCUT2D eigenvalue weighted by Crippen LogP contribution is -2.53. The minimum Gasteiger partial charge on any atom is -0.612 e. The number of anilines is 1. The summed E-state index contributed by atoms with van der Waals surface area (Å²) < 4.78 is 60.8. The molecule has 6 rings (SSSR count). The second-order valence-corrected chi connectivity index (χ2v) is 15.7. The van der Waals surface area contributed by atoms with Gasteiger partial charge >= 0.3 is 0 Å². The molecule has 3 saturated heterocycles. The average molecular weight is 659 g/mol.